The smallest absolute Gasteiger partial charge is 0.367 e. The van der Waals surface area contributed by atoms with Crippen molar-refractivity contribution >= 4 is 66.4 Å². The number of amides is 1. The van der Waals surface area contributed by atoms with E-state index in [1.807, 2.05) is 0 Å². The minimum absolute atomic E-state index is 0. The van der Waals surface area contributed by atoms with Crippen LogP contribution in [0, 0.1) is 0 Å². The van der Waals surface area contributed by atoms with Gasteiger partial charge in [-0.25, -0.2) is 14.8 Å². The Hall–Kier alpha value is -0.880. The van der Waals surface area contributed by atoms with Gasteiger partial charge in [0.25, 0.3) is 5.91 Å². The lowest BCUT2D eigenvalue weighted by Gasteiger charge is -1.94. The van der Waals surface area contributed by atoms with Gasteiger partial charge in [-0.05, 0) is 38.8 Å². The van der Waals surface area contributed by atoms with Gasteiger partial charge in [0.2, 0.25) is 5.01 Å². The molecule has 132 valence electrons. The van der Waals surface area contributed by atoms with Gasteiger partial charge >= 0.3 is 5.97 Å². The molecule has 0 aliphatic heterocycles. The third-order valence-electron chi connectivity index (χ3n) is 1.62. The molecule has 0 aromatic carbocycles. The molecule has 0 atom stereocenters. The fourth-order valence-electron chi connectivity index (χ4n) is 0.910. The number of carbonyl (C=O) groups is 2. The first-order valence-corrected chi connectivity index (χ1v) is 8.35. The van der Waals surface area contributed by atoms with Crippen LogP contribution in [0.1, 0.15) is 41.4 Å². The normalized spacial score (nSPS) is 8.30. The van der Waals surface area contributed by atoms with Crippen molar-refractivity contribution in [2.24, 2.45) is 5.73 Å². The molecule has 2 aromatic heterocycles. The fourth-order valence-corrected chi connectivity index (χ4v) is 3.07. The molecule has 11 heteroatoms. The van der Waals surface area contributed by atoms with Crippen LogP contribution < -0.4 is 11.9 Å². The largest absolute Gasteiger partial charge is 0.461 e. The number of carbonyl (C=O) groups excluding carboxylic acids is 2. The zero-order valence-corrected chi connectivity index (χ0v) is 15.6. The van der Waals surface area contributed by atoms with Crippen LogP contribution in [0.3, 0.4) is 0 Å². The number of nitrogens with zero attached hydrogens (tertiary/aromatic N) is 2. The van der Waals surface area contributed by atoms with E-state index in [1.54, 1.807) is 19.3 Å². The lowest BCUT2D eigenvalue weighted by atomic mass is 10.7. The minimum atomic E-state index is -0.481. The van der Waals surface area contributed by atoms with Crippen LogP contribution in [0.15, 0.2) is 20.0 Å². The number of aromatic nitrogens is 2. The number of hydrogen-bond acceptors (Lipinski definition) is 8. The number of esters is 1. The van der Waals surface area contributed by atoms with Gasteiger partial charge < -0.3 is 16.6 Å². The van der Waals surface area contributed by atoms with Gasteiger partial charge in [-0.1, -0.05) is 14.9 Å². The molecule has 0 spiro atoms. The number of ether oxygens (including phenoxy) is 1. The molecule has 0 saturated carbocycles. The molecule has 0 radical (unpaired) electrons. The molecular formula is C12H20Br2N4O3S2. The first kappa shape index (κ1) is 27.0. The molecule has 2 heterocycles. The third kappa shape index (κ3) is 9.76. The number of hydrogen-bond donors (Lipinski definition) is 2. The molecule has 1 amide bonds. The van der Waals surface area contributed by atoms with Crippen LogP contribution in [0.25, 0.3) is 0 Å². The summed E-state index contributed by atoms with van der Waals surface area (Å²) in [5.74, 6) is -0.839. The van der Waals surface area contributed by atoms with Crippen molar-refractivity contribution in [3.63, 3.8) is 0 Å². The molecule has 0 aliphatic rings. The van der Waals surface area contributed by atoms with E-state index in [2.05, 4.69) is 41.8 Å². The number of primary amides is 1. The lowest BCUT2D eigenvalue weighted by molar-refractivity contribution is 0.0526. The standard InChI is InChI=1S/C6H6BrNO2S.C4H3BrN2OS.2CH4.H3N/c1-2-10-6(9)5-8-3-4(7)11-5;5-2-1-7-4(9-2)3(6)8;;;/h3H,2H2,1H3;1H,(H2,6,8);2*1H4;1H3. The zero-order chi connectivity index (χ0) is 15.1. The highest BCUT2D eigenvalue weighted by atomic mass is 79.9. The fraction of sp³-hybridized carbons (Fsp3) is 0.333. The van der Waals surface area contributed by atoms with Crippen LogP contribution in [-0.4, -0.2) is 28.5 Å². The summed E-state index contributed by atoms with van der Waals surface area (Å²) in [4.78, 5) is 28.9. The molecule has 0 unspecified atom stereocenters. The van der Waals surface area contributed by atoms with E-state index in [-0.39, 0.29) is 27.0 Å². The van der Waals surface area contributed by atoms with Gasteiger partial charge in [0.1, 0.15) is 0 Å². The Labute approximate surface area is 160 Å². The van der Waals surface area contributed by atoms with Crippen molar-refractivity contribution in [3.8, 4) is 0 Å². The van der Waals surface area contributed by atoms with Gasteiger partial charge in [0.15, 0.2) is 5.01 Å². The van der Waals surface area contributed by atoms with Crippen LogP contribution in [0.4, 0.5) is 0 Å². The highest BCUT2D eigenvalue weighted by molar-refractivity contribution is 9.11. The first-order valence-electron chi connectivity index (χ1n) is 5.13. The summed E-state index contributed by atoms with van der Waals surface area (Å²) in [6.45, 7) is 2.15. The molecular weight excluding hydrogens is 472 g/mol. The summed E-state index contributed by atoms with van der Waals surface area (Å²) in [5.41, 5.74) is 4.92. The second-order valence-corrected chi connectivity index (χ2v) is 7.84. The number of thiazole rings is 2. The Kier molecular flexibility index (Phi) is 15.9. The van der Waals surface area contributed by atoms with Crippen molar-refractivity contribution in [2.45, 2.75) is 21.8 Å². The summed E-state index contributed by atoms with van der Waals surface area (Å²) in [6, 6.07) is 0. The minimum Gasteiger partial charge on any atom is -0.461 e. The average molecular weight is 492 g/mol. The molecule has 23 heavy (non-hydrogen) atoms. The van der Waals surface area contributed by atoms with E-state index in [4.69, 9.17) is 10.5 Å². The van der Waals surface area contributed by atoms with Crippen molar-refractivity contribution in [2.75, 3.05) is 6.61 Å². The Morgan fingerprint density at radius 2 is 1.57 bits per heavy atom. The Bertz CT molecular complexity index is 605. The highest BCUT2D eigenvalue weighted by Gasteiger charge is 2.10. The monoisotopic (exact) mass is 490 g/mol. The van der Waals surface area contributed by atoms with Crippen molar-refractivity contribution in [1.29, 1.82) is 0 Å². The predicted octanol–water partition coefficient (Wildman–Crippen LogP) is 4.52. The topological polar surface area (TPSA) is 130 Å². The SMILES string of the molecule is C.C.CCOC(=O)c1ncc(Br)s1.N.NC(=O)c1ncc(Br)s1. The van der Waals surface area contributed by atoms with Crippen LogP contribution in [0.5, 0.6) is 0 Å². The molecule has 7 nitrogen and oxygen atoms in total. The molecule has 0 fully saturated rings. The molecule has 2 aromatic rings. The van der Waals surface area contributed by atoms with Gasteiger partial charge in [0, 0.05) is 0 Å². The van der Waals surface area contributed by atoms with Crippen LogP contribution in [-0.2, 0) is 4.74 Å². The summed E-state index contributed by atoms with van der Waals surface area (Å²) >= 11 is 8.84. The molecule has 5 N–H and O–H groups in total. The summed E-state index contributed by atoms with van der Waals surface area (Å²) in [5, 5.41) is 0.723. The summed E-state index contributed by atoms with van der Waals surface area (Å²) in [7, 11) is 0. The van der Waals surface area contributed by atoms with Crippen LogP contribution in [0.2, 0.25) is 0 Å². The zero-order valence-electron chi connectivity index (χ0n) is 10.8. The second-order valence-electron chi connectivity index (χ2n) is 3.02. The maximum atomic E-state index is 11.0. The molecule has 0 bridgehead atoms. The Balaban J connectivity index is -0.000000312. The molecule has 2 rings (SSSR count). The highest BCUT2D eigenvalue weighted by Crippen LogP contribution is 2.19. The van der Waals surface area contributed by atoms with Crippen molar-refractivity contribution < 1.29 is 14.3 Å². The van der Waals surface area contributed by atoms with E-state index in [9.17, 15) is 9.59 Å². The van der Waals surface area contributed by atoms with E-state index in [0.29, 0.717) is 16.6 Å². The predicted molar refractivity (Wildman–Crippen MR) is 103 cm³/mol. The van der Waals surface area contributed by atoms with Crippen molar-refractivity contribution in [3.05, 3.63) is 30.0 Å². The maximum absolute atomic E-state index is 11.0. The number of halogens is 2. The average Bonchev–Trinajstić information content (AvgIpc) is 2.99. The van der Waals surface area contributed by atoms with Gasteiger partial charge in [-0.3, -0.25) is 4.79 Å². The summed E-state index contributed by atoms with van der Waals surface area (Å²) < 4.78 is 6.38. The van der Waals surface area contributed by atoms with Gasteiger partial charge in [-0.2, -0.15) is 0 Å². The van der Waals surface area contributed by atoms with Gasteiger partial charge in [-0.15, -0.1) is 22.7 Å². The maximum Gasteiger partial charge on any atom is 0.367 e. The lowest BCUT2D eigenvalue weighted by Crippen LogP contribution is -2.09. The molecule has 0 aliphatic carbocycles. The quantitative estimate of drug-likeness (QED) is 0.606. The number of rotatable bonds is 3. The second kappa shape index (κ2) is 13.5. The summed E-state index contributed by atoms with van der Waals surface area (Å²) in [6.07, 6.45) is 3.13. The van der Waals surface area contributed by atoms with E-state index in [0.717, 1.165) is 7.57 Å². The Morgan fingerprint density at radius 1 is 1.13 bits per heavy atom. The van der Waals surface area contributed by atoms with E-state index < -0.39 is 5.91 Å². The third-order valence-corrected chi connectivity index (χ3v) is 4.56. The number of nitrogens with two attached hydrogens (primary N) is 1. The van der Waals surface area contributed by atoms with E-state index >= 15 is 0 Å². The van der Waals surface area contributed by atoms with E-state index in [1.165, 1.54) is 22.7 Å². The van der Waals surface area contributed by atoms with Crippen molar-refractivity contribution in [1.82, 2.24) is 16.1 Å². The first-order chi connectivity index (χ1) is 9.43. The van der Waals surface area contributed by atoms with Crippen LogP contribution >= 0.6 is 54.5 Å². The van der Waals surface area contributed by atoms with Gasteiger partial charge in [0.05, 0.1) is 26.6 Å². The molecule has 0 saturated heterocycles. The Morgan fingerprint density at radius 3 is 1.83 bits per heavy atom.